The van der Waals surface area contributed by atoms with E-state index in [2.05, 4.69) is 31.9 Å². The van der Waals surface area contributed by atoms with Crippen LogP contribution in [0.4, 0.5) is 5.69 Å². The van der Waals surface area contributed by atoms with Crippen molar-refractivity contribution in [3.8, 4) is 5.75 Å². The Kier molecular flexibility index (Phi) is 4.07. The molecule has 88 valence electrons. The van der Waals surface area contributed by atoms with E-state index in [1.807, 2.05) is 36.4 Å². The molecule has 0 saturated carbocycles. The lowest BCUT2D eigenvalue weighted by molar-refractivity contribution is 0.303. The first-order valence-electron chi connectivity index (χ1n) is 5.08. The van der Waals surface area contributed by atoms with Crippen molar-refractivity contribution in [2.45, 2.75) is 6.61 Å². The molecular formula is C13H11Br2NO. The van der Waals surface area contributed by atoms with Crippen LogP contribution in [0.2, 0.25) is 0 Å². The van der Waals surface area contributed by atoms with E-state index in [4.69, 9.17) is 10.5 Å². The summed E-state index contributed by atoms with van der Waals surface area (Å²) >= 11 is 6.92. The highest BCUT2D eigenvalue weighted by molar-refractivity contribution is 9.10. The lowest BCUT2D eigenvalue weighted by Crippen LogP contribution is -1.97. The maximum absolute atomic E-state index is 5.73. The maximum Gasteiger partial charge on any atom is 0.136 e. The number of nitrogens with two attached hydrogens (primary N) is 1. The summed E-state index contributed by atoms with van der Waals surface area (Å²) in [4.78, 5) is 0. The van der Waals surface area contributed by atoms with Crippen LogP contribution in [0.5, 0.6) is 5.75 Å². The van der Waals surface area contributed by atoms with Gasteiger partial charge < -0.3 is 10.5 Å². The lowest BCUT2D eigenvalue weighted by atomic mass is 10.2. The summed E-state index contributed by atoms with van der Waals surface area (Å²) in [7, 11) is 0. The standard InChI is InChI=1S/C13H11Br2NO/c14-11-4-2-1-3-9(11)8-17-13-7-10(16)5-6-12(13)15/h1-7H,8,16H2. The fourth-order valence-electron chi connectivity index (χ4n) is 1.40. The molecule has 2 N–H and O–H groups in total. The zero-order valence-corrected chi connectivity index (χ0v) is 12.2. The van der Waals surface area contributed by atoms with Crippen LogP contribution in [0.25, 0.3) is 0 Å². The summed E-state index contributed by atoms with van der Waals surface area (Å²) in [6.45, 7) is 0.503. The number of nitrogen functional groups attached to an aromatic ring is 1. The molecular weight excluding hydrogens is 346 g/mol. The van der Waals surface area contributed by atoms with E-state index in [0.29, 0.717) is 12.3 Å². The molecule has 0 spiro atoms. The maximum atomic E-state index is 5.73. The third-order valence-electron chi connectivity index (χ3n) is 2.30. The van der Waals surface area contributed by atoms with Gasteiger partial charge in [-0.25, -0.2) is 0 Å². The SMILES string of the molecule is Nc1ccc(Br)c(OCc2ccccc2Br)c1. The van der Waals surface area contributed by atoms with Crippen molar-refractivity contribution in [1.82, 2.24) is 0 Å². The summed E-state index contributed by atoms with van der Waals surface area (Å²) in [6.07, 6.45) is 0. The predicted octanol–water partition coefficient (Wildman–Crippen LogP) is 4.37. The summed E-state index contributed by atoms with van der Waals surface area (Å²) in [5.74, 6) is 0.751. The zero-order valence-electron chi connectivity index (χ0n) is 8.99. The van der Waals surface area contributed by atoms with Crippen molar-refractivity contribution in [1.29, 1.82) is 0 Å². The Labute approximate surface area is 117 Å². The topological polar surface area (TPSA) is 35.2 Å². The lowest BCUT2D eigenvalue weighted by Gasteiger charge is -2.10. The highest BCUT2D eigenvalue weighted by atomic mass is 79.9. The van der Waals surface area contributed by atoms with Gasteiger partial charge in [0.25, 0.3) is 0 Å². The molecule has 0 unspecified atom stereocenters. The molecule has 0 fully saturated rings. The van der Waals surface area contributed by atoms with Crippen molar-refractivity contribution < 1.29 is 4.74 Å². The first-order valence-corrected chi connectivity index (χ1v) is 6.66. The van der Waals surface area contributed by atoms with E-state index >= 15 is 0 Å². The fraction of sp³-hybridized carbons (Fsp3) is 0.0769. The van der Waals surface area contributed by atoms with Crippen LogP contribution >= 0.6 is 31.9 Å². The van der Waals surface area contributed by atoms with E-state index in [9.17, 15) is 0 Å². The third kappa shape index (κ3) is 3.23. The van der Waals surface area contributed by atoms with Crippen LogP contribution in [0, 0.1) is 0 Å². The second-order valence-electron chi connectivity index (χ2n) is 3.57. The van der Waals surface area contributed by atoms with Crippen molar-refractivity contribution in [3.63, 3.8) is 0 Å². The van der Waals surface area contributed by atoms with Crippen molar-refractivity contribution in [3.05, 3.63) is 57.0 Å². The molecule has 0 heterocycles. The zero-order chi connectivity index (χ0) is 12.3. The minimum atomic E-state index is 0.503. The molecule has 2 nitrogen and oxygen atoms in total. The Morgan fingerprint density at radius 2 is 1.76 bits per heavy atom. The molecule has 0 atom stereocenters. The van der Waals surface area contributed by atoms with E-state index in [1.54, 1.807) is 6.07 Å². The predicted molar refractivity (Wildman–Crippen MR) is 77.0 cm³/mol. The molecule has 2 rings (SSSR count). The molecule has 17 heavy (non-hydrogen) atoms. The van der Waals surface area contributed by atoms with Crippen LogP contribution < -0.4 is 10.5 Å². The average molecular weight is 357 g/mol. The van der Waals surface area contributed by atoms with Gasteiger partial charge in [-0.1, -0.05) is 34.1 Å². The van der Waals surface area contributed by atoms with Gasteiger partial charge in [-0.05, 0) is 34.1 Å². The number of hydrogen-bond acceptors (Lipinski definition) is 2. The molecule has 2 aromatic carbocycles. The first kappa shape index (κ1) is 12.5. The molecule has 0 radical (unpaired) electrons. The van der Waals surface area contributed by atoms with E-state index in [-0.39, 0.29) is 0 Å². The summed E-state index contributed by atoms with van der Waals surface area (Å²) in [6, 6.07) is 13.5. The molecule has 0 aliphatic carbocycles. The monoisotopic (exact) mass is 355 g/mol. The highest BCUT2D eigenvalue weighted by Crippen LogP contribution is 2.28. The molecule has 0 aliphatic rings. The van der Waals surface area contributed by atoms with Gasteiger partial charge in [0.2, 0.25) is 0 Å². The summed E-state index contributed by atoms with van der Waals surface area (Å²) < 4.78 is 7.67. The Balaban J connectivity index is 2.12. The van der Waals surface area contributed by atoms with Crippen molar-refractivity contribution in [2.24, 2.45) is 0 Å². The smallest absolute Gasteiger partial charge is 0.136 e. The van der Waals surface area contributed by atoms with Crippen LogP contribution in [-0.4, -0.2) is 0 Å². The number of benzene rings is 2. The molecule has 0 saturated heterocycles. The molecule has 0 bridgehead atoms. The van der Waals surface area contributed by atoms with Gasteiger partial charge in [0.1, 0.15) is 12.4 Å². The van der Waals surface area contributed by atoms with Crippen molar-refractivity contribution >= 4 is 37.5 Å². The summed E-state index contributed by atoms with van der Waals surface area (Å²) in [5.41, 5.74) is 7.51. The summed E-state index contributed by atoms with van der Waals surface area (Å²) in [5, 5.41) is 0. The number of halogens is 2. The number of ether oxygens (including phenoxy) is 1. The molecule has 0 amide bonds. The molecule has 0 aromatic heterocycles. The van der Waals surface area contributed by atoms with Gasteiger partial charge in [0, 0.05) is 21.8 Å². The second-order valence-corrected chi connectivity index (χ2v) is 5.28. The molecule has 2 aromatic rings. The quantitative estimate of drug-likeness (QED) is 0.828. The third-order valence-corrected chi connectivity index (χ3v) is 3.73. The van der Waals surface area contributed by atoms with E-state index in [0.717, 1.165) is 20.3 Å². The second kappa shape index (κ2) is 5.56. The first-order chi connectivity index (χ1) is 8.16. The van der Waals surface area contributed by atoms with Crippen LogP contribution in [0.3, 0.4) is 0 Å². The Hall–Kier alpha value is -1.00. The number of anilines is 1. The van der Waals surface area contributed by atoms with Gasteiger partial charge in [-0.3, -0.25) is 0 Å². The van der Waals surface area contributed by atoms with Crippen LogP contribution in [0.1, 0.15) is 5.56 Å². The van der Waals surface area contributed by atoms with Gasteiger partial charge in [0.05, 0.1) is 4.47 Å². The van der Waals surface area contributed by atoms with Gasteiger partial charge >= 0.3 is 0 Å². The van der Waals surface area contributed by atoms with Gasteiger partial charge in [-0.15, -0.1) is 0 Å². The number of rotatable bonds is 3. The van der Waals surface area contributed by atoms with E-state index < -0.39 is 0 Å². The van der Waals surface area contributed by atoms with Gasteiger partial charge in [-0.2, -0.15) is 0 Å². The largest absolute Gasteiger partial charge is 0.488 e. The number of hydrogen-bond donors (Lipinski definition) is 1. The normalized spacial score (nSPS) is 10.2. The minimum absolute atomic E-state index is 0.503. The van der Waals surface area contributed by atoms with Crippen LogP contribution in [0.15, 0.2) is 51.4 Å². The molecule has 4 heteroatoms. The van der Waals surface area contributed by atoms with Crippen molar-refractivity contribution in [2.75, 3.05) is 5.73 Å². The Morgan fingerprint density at radius 3 is 2.53 bits per heavy atom. The average Bonchev–Trinajstić information content (AvgIpc) is 2.32. The fourth-order valence-corrected chi connectivity index (χ4v) is 2.16. The van der Waals surface area contributed by atoms with Gasteiger partial charge in [0.15, 0.2) is 0 Å². The van der Waals surface area contributed by atoms with E-state index in [1.165, 1.54) is 0 Å². The highest BCUT2D eigenvalue weighted by Gasteiger charge is 2.04. The Bertz CT molecular complexity index is 529. The van der Waals surface area contributed by atoms with Crippen LogP contribution in [-0.2, 0) is 6.61 Å². The molecule has 0 aliphatic heterocycles. The minimum Gasteiger partial charge on any atom is -0.488 e. The Morgan fingerprint density at radius 1 is 1.00 bits per heavy atom.